The first kappa shape index (κ1) is 12.5. The van der Waals surface area contributed by atoms with Crippen molar-refractivity contribution in [2.24, 2.45) is 0 Å². The molecular weight excluding hydrogens is 248 g/mol. The van der Waals surface area contributed by atoms with Gasteiger partial charge in [0.1, 0.15) is 5.82 Å². The lowest BCUT2D eigenvalue weighted by Crippen LogP contribution is -2.11. The first-order valence-electron chi connectivity index (χ1n) is 6.64. The van der Waals surface area contributed by atoms with Crippen LogP contribution in [0.15, 0.2) is 60.7 Å². The topological polar surface area (TPSA) is 34.0 Å². The average molecular weight is 264 g/mol. The number of rotatable bonds is 3. The molecule has 3 aromatic rings. The lowest BCUT2D eigenvalue weighted by Gasteiger charge is -2.11. The summed E-state index contributed by atoms with van der Waals surface area (Å²) in [6, 6.07) is 20.4. The highest BCUT2D eigenvalue weighted by Crippen LogP contribution is 2.24. The maximum Gasteiger partial charge on any atom is 0.222 e. The lowest BCUT2D eigenvalue weighted by molar-refractivity contribution is -0.114. The Morgan fingerprint density at radius 1 is 1.05 bits per heavy atom. The van der Waals surface area contributed by atoms with Gasteiger partial charge in [-0.25, -0.2) is 0 Å². The van der Waals surface area contributed by atoms with Crippen molar-refractivity contribution in [3.05, 3.63) is 66.2 Å². The number of carbonyl (C=O) groups is 1. The summed E-state index contributed by atoms with van der Waals surface area (Å²) < 4.78 is 2.13. The van der Waals surface area contributed by atoms with E-state index in [1.165, 1.54) is 12.5 Å². The Labute approximate surface area is 117 Å². The first-order chi connectivity index (χ1) is 9.74. The molecule has 3 rings (SSSR count). The molecule has 0 aliphatic heterocycles. The Balaban J connectivity index is 2.08. The Morgan fingerprint density at radius 2 is 1.75 bits per heavy atom. The highest BCUT2D eigenvalue weighted by atomic mass is 16.1. The summed E-state index contributed by atoms with van der Waals surface area (Å²) in [5.74, 6) is 0.782. The van der Waals surface area contributed by atoms with Crippen molar-refractivity contribution >= 4 is 22.6 Å². The molecule has 100 valence electrons. The highest BCUT2D eigenvalue weighted by molar-refractivity contribution is 5.93. The number of amides is 1. The van der Waals surface area contributed by atoms with E-state index in [2.05, 4.69) is 34.1 Å². The van der Waals surface area contributed by atoms with Gasteiger partial charge in [-0.2, -0.15) is 0 Å². The molecule has 0 saturated carbocycles. The third-order valence-electron chi connectivity index (χ3n) is 3.30. The summed E-state index contributed by atoms with van der Waals surface area (Å²) in [7, 11) is 0. The molecule has 0 unspecified atom stereocenters. The molecule has 0 saturated heterocycles. The Bertz CT molecular complexity index is 744. The Kier molecular flexibility index (Phi) is 3.25. The van der Waals surface area contributed by atoms with Crippen LogP contribution >= 0.6 is 0 Å². The number of anilines is 1. The molecule has 0 radical (unpaired) electrons. The monoisotopic (exact) mass is 264 g/mol. The van der Waals surface area contributed by atoms with E-state index in [1.807, 2.05) is 36.4 Å². The van der Waals surface area contributed by atoms with Crippen LogP contribution in [-0.2, 0) is 11.3 Å². The van der Waals surface area contributed by atoms with Crippen molar-refractivity contribution in [3.8, 4) is 0 Å². The molecule has 3 heteroatoms. The van der Waals surface area contributed by atoms with Crippen LogP contribution in [0.1, 0.15) is 12.5 Å². The van der Waals surface area contributed by atoms with E-state index in [-0.39, 0.29) is 5.91 Å². The van der Waals surface area contributed by atoms with Gasteiger partial charge in [0.2, 0.25) is 5.91 Å². The number of hydrogen-bond donors (Lipinski definition) is 1. The maximum atomic E-state index is 11.4. The summed E-state index contributed by atoms with van der Waals surface area (Å²) in [5.41, 5.74) is 2.33. The first-order valence-corrected chi connectivity index (χ1v) is 6.64. The van der Waals surface area contributed by atoms with E-state index in [4.69, 9.17) is 0 Å². The van der Waals surface area contributed by atoms with E-state index in [0.29, 0.717) is 0 Å². The molecule has 0 aliphatic carbocycles. The molecule has 0 fully saturated rings. The van der Waals surface area contributed by atoms with Crippen LogP contribution in [0, 0.1) is 0 Å². The van der Waals surface area contributed by atoms with E-state index in [1.54, 1.807) is 0 Å². The third kappa shape index (κ3) is 2.43. The fourth-order valence-corrected chi connectivity index (χ4v) is 2.43. The van der Waals surface area contributed by atoms with Crippen molar-refractivity contribution in [1.29, 1.82) is 0 Å². The molecule has 0 aliphatic rings. The van der Waals surface area contributed by atoms with Gasteiger partial charge >= 0.3 is 0 Å². The second kappa shape index (κ2) is 5.21. The molecule has 2 aromatic carbocycles. The number of nitrogens with zero attached hydrogens (tertiary/aromatic N) is 1. The normalized spacial score (nSPS) is 10.7. The third-order valence-corrected chi connectivity index (χ3v) is 3.30. The van der Waals surface area contributed by atoms with E-state index in [0.717, 1.165) is 23.3 Å². The predicted octanol–water partition coefficient (Wildman–Crippen LogP) is 3.65. The summed E-state index contributed by atoms with van der Waals surface area (Å²) in [5, 5.41) is 4.04. The number of carbonyl (C=O) groups excluding carboxylic acids is 1. The van der Waals surface area contributed by atoms with E-state index >= 15 is 0 Å². The van der Waals surface area contributed by atoms with Gasteiger partial charge in [-0.1, -0.05) is 48.5 Å². The summed E-state index contributed by atoms with van der Waals surface area (Å²) in [4.78, 5) is 11.4. The quantitative estimate of drug-likeness (QED) is 0.769. The lowest BCUT2D eigenvalue weighted by atomic mass is 10.2. The minimum Gasteiger partial charge on any atom is -0.323 e. The van der Waals surface area contributed by atoms with Crippen LogP contribution < -0.4 is 5.32 Å². The number of benzene rings is 2. The number of para-hydroxylation sites is 1. The summed E-state index contributed by atoms with van der Waals surface area (Å²) in [6.07, 6.45) is 0. The minimum atomic E-state index is -0.0536. The summed E-state index contributed by atoms with van der Waals surface area (Å²) >= 11 is 0. The van der Waals surface area contributed by atoms with Crippen molar-refractivity contribution in [1.82, 2.24) is 4.57 Å². The summed E-state index contributed by atoms with van der Waals surface area (Å²) in [6.45, 7) is 2.27. The SMILES string of the molecule is CC(=O)Nc1cc2ccccc2n1Cc1ccccc1. The second-order valence-electron chi connectivity index (χ2n) is 4.84. The predicted molar refractivity (Wildman–Crippen MR) is 81.8 cm³/mol. The molecule has 0 atom stereocenters. The van der Waals surface area contributed by atoms with Crippen LogP contribution in [0.3, 0.4) is 0 Å². The zero-order valence-corrected chi connectivity index (χ0v) is 11.3. The van der Waals surface area contributed by atoms with Crippen molar-refractivity contribution in [3.63, 3.8) is 0 Å². The zero-order chi connectivity index (χ0) is 13.9. The largest absolute Gasteiger partial charge is 0.323 e. The molecule has 1 heterocycles. The average Bonchev–Trinajstić information content (AvgIpc) is 2.77. The van der Waals surface area contributed by atoms with Crippen LogP contribution in [0.4, 0.5) is 5.82 Å². The van der Waals surface area contributed by atoms with Gasteiger partial charge in [0.05, 0.1) is 5.52 Å². The second-order valence-corrected chi connectivity index (χ2v) is 4.84. The zero-order valence-electron chi connectivity index (χ0n) is 11.3. The molecule has 1 N–H and O–H groups in total. The van der Waals surface area contributed by atoms with Crippen molar-refractivity contribution in [2.75, 3.05) is 5.32 Å². The highest BCUT2D eigenvalue weighted by Gasteiger charge is 2.09. The van der Waals surface area contributed by atoms with Gasteiger partial charge in [-0.05, 0) is 17.7 Å². The Hall–Kier alpha value is -2.55. The number of fused-ring (bicyclic) bond motifs is 1. The standard InChI is InChI=1S/C17H16N2O/c1-13(20)18-17-11-15-9-5-6-10-16(15)19(17)12-14-7-3-2-4-8-14/h2-11H,12H2,1H3,(H,18,20). The molecule has 1 amide bonds. The van der Waals surface area contributed by atoms with Crippen LogP contribution in [0.5, 0.6) is 0 Å². The van der Waals surface area contributed by atoms with Gasteiger partial charge in [0.25, 0.3) is 0 Å². The maximum absolute atomic E-state index is 11.4. The van der Waals surface area contributed by atoms with Crippen molar-refractivity contribution < 1.29 is 4.79 Å². The molecule has 20 heavy (non-hydrogen) atoms. The molecular formula is C17H16N2O. The molecule has 3 nitrogen and oxygen atoms in total. The van der Waals surface area contributed by atoms with E-state index in [9.17, 15) is 4.79 Å². The fourth-order valence-electron chi connectivity index (χ4n) is 2.43. The number of aromatic nitrogens is 1. The van der Waals surface area contributed by atoms with Crippen LogP contribution in [0.2, 0.25) is 0 Å². The number of hydrogen-bond acceptors (Lipinski definition) is 1. The van der Waals surface area contributed by atoms with E-state index < -0.39 is 0 Å². The fraction of sp³-hybridized carbons (Fsp3) is 0.118. The number of nitrogens with one attached hydrogen (secondary N) is 1. The van der Waals surface area contributed by atoms with Gasteiger partial charge in [0.15, 0.2) is 0 Å². The van der Waals surface area contributed by atoms with Gasteiger partial charge in [-0.15, -0.1) is 0 Å². The van der Waals surface area contributed by atoms with Gasteiger partial charge in [-0.3, -0.25) is 4.79 Å². The van der Waals surface area contributed by atoms with Crippen LogP contribution in [-0.4, -0.2) is 10.5 Å². The molecule has 0 spiro atoms. The molecule has 0 bridgehead atoms. The van der Waals surface area contributed by atoms with Gasteiger partial charge in [0, 0.05) is 18.9 Å². The van der Waals surface area contributed by atoms with Crippen LogP contribution in [0.25, 0.3) is 10.9 Å². The minimum absolute atomic E-state index is 0.0536. The Morgan fingerprint density at radius 3 is 2.50 bits per heavy atom. The molecule has 1 aromatic heterocycles. The smallest absolute Gasteiger partial charge is 0.222 e. The van der Waals surface area contributed by atoms with Crippen molar-refractivity contribution in [2.45, 2.75) is 13.5 Å². The van der Waals surface area contributed by atoms with Gasteiger partial charge < -0.3 is 9.88 Å².